The van der Waals surface area contributed by atoms with Crippen molar-refractivity contribution in [1.29, 1.82) is 0 Å². The van der Waals surface area contributed by atoms with Crippen LogP contribution in [0.4, 0.5) is 5.69 Å². The molecule has 0 radical (unpaired) electrons. The Hall–Kier alpha value is -1.93. The van der Waals surface area contributed by atoms with Gasteiger partial charge < -0.3 is 29.7 Å². The van der Waals surface area contributed by atoms with Crippen molar-refractivity contribution < 1.29 is 14.2 Å². The molecule has 2 N–H and O–H groups in total. The summed E-state index contributed by atoms with van der Waals surface area (Å²) in [5, 5.41) is 8.40. The number of aryl methyl sites for hydroxylation is 1. The monoisotopic (exact) mass is 440 g/mol. The first kappa shape index (κ1) is 21.9. The summed E-state index contributed by atoms with van der Waals surface area (Å²) in [6.45, 7) is 8.00. The van der Waals surface area contributed by atoms with E-state index in [0.717, 1.165) is 74.3 Å². The first-order valence-corrected chi connectivity index (χ1v) is 12.2. The number of ether oxygens (including phenoxy) is 3. The Bertz CT molecular complexity index is 921. The second-order valence-corrected chi connectivity index (χ2v) is 9.17. The molecular weight excluding hydrogens is 404 g/mol. The van der Waals surface area contributed by atoms with E-state index in [9.17, 15) is 0 Å². The number of methoxy groups -OCH3 is 1. The summed E-state index contributed by atoms with van der Waals surface area (Å²) in [5.41, 5.74) is 5.89. The van der Waals surface area contributed by atoms with Crippen molar-refractivity contribution in [2.45, 2.75) is 44.8 Å². The van der Waals surface area contributed by atoms with Crippen molar-refractivity contribution in [3.8, 4) is 5.75 Å². The lowest BCUT2D eigenvalue weighted by Crippen LogP contribution is -2.34. The van der Waals surface area contributed by atoms with Crippen molar-refractivity contribution >= 4 is 16.6 Å². The van der Waals surface area contributed by atoms with Crippen LogP contribution in [0.25, 0.3) is 10.9 Å². The topological polar surface area (TPSA) is 67.9 Å². The van der Waals surface area contributed by atoms with E-state index in [1.807, 2.05) is 0 Å². The van der Waals surface area contributed by atoms with Gasteiger partial charge >= 0.3 is 0 Å². The molecule has 2 aromatic rings. The van der Waals surface area contributed by atoms with E-state index in [2.05, 4.69) is 27.7 Å². The molecule has 0 saturated carbocycles. The van der Waals surface area contributed by atoms with Crippen LogP contribution in [-0.2, 0) is 28.9 Å². The van der Waals surface area contributed by atoms with Crippen molar-refractivity contribution in [3.63, 3.8) is 0 Å². The third kappa shape index (κ3) is 4.86. The van der Waals surface area contributed by atoms with E-state index in [0.29, 0.717) is 13.2 Å². The molecule has 0 unspecified atom stereocenters. The number of aromatic nitrogens is 1. The van der Waals surface area contributed by atoms with E-state index in [1.165, 1.54) is 42.9 Å². The van der Waals surface area contributed by atoms with Gasteiger partial charge in [-0.2, -0.15) is 0 Å². The van der Waals surface area contributed by atoms with Crippen LogP contribution in [0, 0.1) is 0 Å². The molecular formula is C25H36N4O3. The SMILES string of the molecule is COc1cc2c(N[C@@H]3CNCCOC3)c3c(nc2cc1COCCN1CCCC1)CCC3. The molecule has 0 spiro atoms. The number of nitrogens with zero attached hydrogens (tertiary/aromatic N) is 2. The molecule has 7 heteroatoms. The number of hydrogen-bond donors (Lipinski definition) is 2. The second-order valence-electron chi connectivity index (χ2n) is 9.17. The predicted octanol–water partition coefficient (Wildman–Crippen LogP) is 2.74. The molecule has 2 aliphatic heterocycles. The van der Waals surface area contributed by atoms with Crippen LogP contribution in [0.3, 0.4) is 0 Å². The summed E-state index contributed by atoms with van der Waals surface area (Å²) in [6.07, 6.45) is 5.91. The van der Waals surface area contributed by atoms with Crippen molar-refractivity contribution in [3.05, 3.63) is 29.0 Å². The van der Waals surface area contributed by atoms with Crippen molar-refractivity contribution in [2.75, 3.05) is 65.0 Å². The third-order valence-corrected chi connectivity index (χ3v) is 6.90. The molecule has 1 atom stereocenters. The van der Waals surface area contributed by atoms with Gasteiger partial charge in [0.05, 0.1) is 45.1 Å². The highest BCUT2D eigenvalue weighted by atomic mass is 16.5. The quantitative estimate of drug-likeness (QED) is 0.612. The molecule has 2 saturated heterocycles. The highest BCUT2D eigenvalue weighted by Gasteiger charge is 2.23. The summed E-state index contributed by atoms with van der Waals surface area (Å²) in [4.78, 5) is 7.53. The molecule has 0 bridgehead atoms. The maximum Gasteiger partial charge on any atom is 0.125 e. The number of hydrogen-bond acceptors (Lipinski definition) is 7. The zero-order valence-corrected chi connectivity index (χ0v) is 19.3. The number of pyridine rings is 1. The van der Waals surface area contributed by atoms with Gasteiger partial charge in [0.15, 0.2) is 0 Å². The zero-order chi connectivity index (χ0) is 21.8. The van der Waals surface area contributed by atoms with E-state index >= 15 is 0 Å². The van der Waals surface area contributed by atoms with Gasteiger partial charge in [0.2, 0.25) is 0 Å². The number of rotatable bonds is 8. The Morgan fingerprint density at radius 2 is 2.12 bits per heavy atom. The van der Waals surface area contributed by atoms with Gasteiger partial charge in [-0.05, 0) is 62.9 Å². The number of nitrogens with one attached hydrogen (secondary N) is 2. The highest BCUT2D eigenvalue weighted by Crippen LogP contribution is 2.37. The lowest BCUT2D eigenvalue weighted by Gasteiger charge is -2.22. The highest BCUT2D eigenvalue weighted by molar-refractivity contribution is 5.95. The normalized spacial score (nSPS) is 21.6. The van der Waals surface area contributed by atoms with Crippen LogP contribution in [-0.4, -0.2) is 75.6 Å². The fraction of sp³-hybridized carbons (Fsp3) is 0.640. The molecule has 3 aliphatic rings. The van der Waals surface area contributed by atoms with Gasteiger partial charge in [-0.3, -0.25) is 4.98 Å². The summed E-state index contributed by atoms with van der Waals surface area (Å²) in [5.74, 6) is 0.872. The average molecular weight is 441 g/mol. The van der Waals surface area contributed by atoms with E-state index in [4.69, 9.17) is 19.2 Å². The molecule has 174 valence electrons. The second kappa shape index (κ2) is 10.3. The standard InChI is InChI=1S/C25H36N4O3/c1-30-24-14-21-23(13-18(24)16-32-12-10-29-8-2-3-9-29)28-22-6-4-5-20(22)25(21)27-19-15-26-7-11-31-17-19/h13-14,19,26H,2-12,15-17H2,1H3,(H,27,28)/t19-/m1/s1. The lowest BCUT2D eigenvalue weighted by molar-refractivity contribution is 0.0979. The number of likely N-dealkylation sites (tertiary alicyclic amines) is 1. The van der Waals surface area contributed by atoms with Gasteiger partial charge in [0.25, 0.3) is 0 Å². The summed E-state index contributed by atoms with van der Waals surface area (Å²) >= 11 is 0. The van der Waals surface area contributed by atoms with Crippen LogP contribution in [0.1, 0.15) is 36.1 Å². The zero-order valence-electron chi connectivity index (χ0n) is 19.3. The molecule has 2 fully saturated rings. The van der Waals surface area contributed by atoms with E-state index in [1.54, 1.807) is 7.11 Å². The van der Waals surface area contributed by atoms with Crippen LogP contribution in [0.5, 0.6) is 5.75 Å². The number of benzene rings is 1. The van der Waals surface area contributed by atoms with Gasteiger partial charge in [0.1, 0.15) is 5.75 Å². The molecule has 7 nitrogen and oxygen atoms in total. The maximum atomic E-state index is 6.04. The first-order chi connectivity index (χ1) is 15.8. The van der Waals surface area contributed by atoms with E-state index in [-0.39, 0.29) is 6.04 Å². The van der Waals surface area contributed by atoms with Crippen molar-refractivity contribution in [2.24, 2.45) is 0 Å². The van der Waals surface area contributed by atoms with Crippen LogP contribution >= 0.6 is 0 Å². The first-order valence-electron chi connectivity index (χ1n) is 12.2. The summed E-state index contributed by atoms with van der Waals surface area (Å²) in [6, 6.07) is 4.55. The lowest BCUT2D eigenvalue weighted by atomic mass is 10.0. The van der Waals surface area contributed by atoms with Gasteiger partial charge in [-0.15, -0.1) is 0 Å². The minimum absolute atomic E-state index is 0.243. The summed E-state index contributed by atoms with van der Waals surface area (Å²) < 4.78 is 17.6. The molecule has 0 amide bonds. The number of fused-ring (bicyclic) bond motifs is 2. The predicted molar refractivity (Wildman–Crippen MR) is 127 cm³/mol. The van der Waals surface area contributed by atoms with Crippen molar-refractivity contribution in [1.82, 2.24) is 15.2 Å². The van der Waals surface area contributed by atoms with Gasteiger partial charge in [0, 0.05) is 42.0 Å². The molecule has 1 aliphatic carbocycles. The Morgan fingerprint density at radius 3 is 3.00 bits per heavy atom. The minimum atomic E-state index is 0.243. The number of anilines is 1. The molecule has 32 heavy (non-hydrogen) atoms. The largest absolute Gasteiger partial charge is 0.496 e. The average Bonchev–Trinajstić information content (AvgIpc) is 3.43. The van der Waals surface area contributed by atoms with E-state index < -0.39 is 0 Å². The Labute approximate surface area is 190 Å². The fourth-order valence-electron chi connectivity index (χ4n) is 5.18. The van der Waals surface area contributed by atoms with Crippen LogP contribution in [0.2, 0.25) is 0 Å². The Kier molecular flexibility index (Phi) is 7.07. The molecule has 1 aromatic carbocycles. The minimum Gasteiger partial charge on any atom is -0.496 e. The Morgan fingerprint density at radius 1 is 1.22 bits per heavy atom. The molecule has 3 heterocycles. The Balaban J connectivity index is 1.39. The summed E-state index contributed by atoms with van der Waals surface area (Å²) in [7, 11) is 1.74. The molecule has 5 rings (SSSR count). The maximum absolute atomic E-state index is 6.04. The fourth-order valence-corrected chi connectivity index (χ4v) is 5.18. The van der Waals surface area contributed by atoms with Gasteiger partial charge in [-0.25, -0.2) is 0 Å². The van der Waals surface area contributed by atoms with Gasteiger partial charge in [-0.1, -0.05) is 0 Å². The van der Waals surface area contributed by atoms with Crippen LogP contribution < -0.4 is 15.4 Å². The molecule has 1 aromatic heterocycles. The third-order valence-electron chi connectivity index (χ3n) is 6.90. The smallest absolute Gasteiger partial charge is 0.125 e. The van der Waals surface area contributed by atoms with Crippen LogP contribution in [0.15, 0.2) is 12.1 Å².